The smallest absolute Gasteiger partial charge is 0.171 e. The van der Waals surface area contributed by atoms with E-state index in [1.807, 2.05) is 17.0 Å². The van der Waals surface area contributed by atoms with E-state index in [1.165, 1.54) is 11.1 Å². The molecule has 12 heavy (non-hydrogen) atoms. The summed E-state index contributed by atoms with van der Waals surface area (Å²) in [5.74, 6) is 0. The summed E-state index contributed by atoms with van der Waals surface area (Å²) >= 11 is 0. The Balaban J connectivity index is 0.00000121. The number of nitrogens with zero attached hydrogens (tertiary/aromatic N) is 1. The van der Waals surface area contributed by atoms with Crippen molar-refractivity contribution < 1.29 is 22.1 Å². The fraction of sp³-hybridized carbons (Fsp3) is 0.444. The van der Waals surface area contributed by atoms with Gasteiger partial charge in [-0.3, -0.25) is 0 Å². The van der Waals surface area contributed by atoms with Crippen LogP contribution in [0.3, 0.4) is 0 Å². The third-order valence-corrected chi connectivity index (χ3v) is 1.55. The van der Waals surface area contributed by atoms with E-state index >= 15 is 0 Å². The Morgan fingerprint density at radius 2 is 1.75 bits per heavy atom. The zero-order chi connectivity index (χ0) is 8.27. The number of hydrogen-bond donors (Lipinski definition) is 1. The molecule has 0 aromatic carbocycles. The Morgan fingerprint density at radius 3 is 2.17 bits per heavy atom. The van der Waals surface area contributed by atoms with Crippen molar-refractivity contribution in [1.82, 2.24) is 0 Å². The molecular weight excluding hydrogens is 174 g/mol. The average Bonchev–Trinajstić information content (AvgIpc) is 1.85. The summed E-state index contributed by atoms with van der Waals surface area (Å²) in [7, 11) is 0. The van der Waals surface area contributed by atoms with E-state index in [2.05, 4.69) is 19.9 Å². The van der Waals surface area contributed by atoms with Gasteiger partial charge in [-0.15, -0.1) is 0 Å². The van der Waals surface area contributed by atoms with Crippen LogP contribution in [0.2, 0.25) is 0 Å². The summed E-state index contributed by atoms with van der Waals surface area (Å²) in [6, 6.07) is 2.12. The number of aromatic nitrogens is 1. The van der Waals surface area contributed by atoms with Crippen molar-refractivity contribution in [2.75, 3.05) is 6.61 Å². The second kappa shape index (κ2) is 5.12. The molecule has 1 heterocycles. The van der Waals surface area contributed by atoms with Crippen LogP contribution in [-0.4, -0.2) is 11.7 Å². The molecule has 1 N–H and O–H groups in total. The molecule has 0 saturated carbocycles. The van der Waals surface area contributed by atoms with Crippen molar-refractivity contribution in [3.63, 3.8) is 0 Å². The lowest BCUT2D eigenvalue weighted by molar-refractivity contribution is -0.698. The van der Waals surface area contributed by atoms with Gasteiger partial charge in [0.1, 0.15) is 6.61 Å². The molecule has 0 aliphatic carbocycles. The summed E-state index contributed by atoms with van der Waals surface area (Å²) in [5.41, 5.74) is 2.47. The Labute approximate surface area is 79.3 Å². The lowest BCUT2D eigenvalue weighted by atomic mass is 10.2. The van der Waals surface area contributed by atoms with Crippen molar-refractivity contribution in [3.05, 3.63) is 29.6 Å². The number of rotatable bonds is 2. The Hall–Kier alpha value is -0.600. The van der Waals surface area contributed by atoms with E-state index in [-0.39, 0.29) is 19.0 Å². The van der Waals surface area contributed by atoms with E-state index in [9.17, 15) is 0 Å². The molecule has 68 valence electrons. The molecule has 1 rings (SSSR count). The minimum atomic E-state index is 0. The molecule has 0 saturated heterocycles. The SMILES string of the molecule is Cc1cc(C)c[n+](CCO)c1.[Cl-]. The average molecular weight is 188 g/mol. The second-order valence-electron chi connectivity index (χ2n) is 2.85. The van der Waals surface area contributed by atoms with Gasteiger partial charge in [-0.1, -0.05) is 0 Å². The van der Waals surface area contributed by atoms with Crippen LogP contribution in [-0.2, 0) is 6.54 Å². The summed E-state index contributed by atoms with van der Waals surface area (Å²) in [6.07, 6.45) is 4.06. The number of aliphatic hydroxyl groups excluding tert-OH is 1. The maximum Gasteiger partial charge on any atom is 0.171 e. The van der Waals surface area contributed by atoms with E-state index in [4.69, 9.17) is 5.11 Å². The van der Waals surface area contributed by atoms with Gasteiger partial charge in [0.25, 0.3) is 0 Å². The molecular formula is C9H14ClNO. The third-order valence-electron chi connectivity index (χ3n) is 1.55. The number of halogens is 1. The predicted octanol–water partition coefficient (Wildman–Crippen LogP) is -2.41. The van der Waals surface area contributed by atoms with Crippen molar-refractivity contribution in [3.8, 4) is 0 Å². The summed E-state index contributed by atoms with van der Waals surface area (Å²) < 4.78 is 2.00. The quantitative estimate of drug-likeness (QED) is 0.513. The first kappa shape index (κ1) is 11.4. The maximum absolute atomic E-state index is 8.68. The fourth-order valence-electron chi connectivity index (χ4n) is 1.24. The highest BCUT2D eigenvalue weighted by Crippen LogP contribution is 1.96. The van der Waals surface area contributed by atoms with Crippen LogP contribution in [0.4, 0.5) is 0 Å². The topological polar surface area (TPSA) is 24.1 Å². The normalized spacial score (nSPS) is 9.25. The van der Waals surface area contributed by atoms with Gasteiger partial charge in [-0.2, -0.15) is 0 Å². The van der Waals surface area contributed by atoms with Crippen LogP contribution in [0.1, 0.15) is 11.1 Å². The molecule has 0 spiro atoms. The number of hydrogen-bond acceptors (Lipinski definition) is 1. The summed E-state index contributed by atoms with van der Waals surface area (Å²) in [5, 5.41) is 8.68. The first-order chi connectivity index (χ1) is 5.22. The zero-order valence-corrected chi connectivity index (χ0v) is 8.17. The number of aliphatic hydroxyl groups is 1. The van der Waals surface area contributed by atoms with Crippen LogP contribution >= 0.6 is 0 Å². The van der Waals surface area contributed by atoms with Gasteiger partial charge >= 0.3 is 0 Å². The molecule has 0 fully saturated rings. The first-order valence-corrected chi connectivity index (χ1v) is 3.80. The van der Waals surface area contributed by atoms with Crippen LogP contribution in [0.25, 0.3) is 0 Å². The summed E-state index contributed by atoms with van der Waals surface area (Å²) in [4.78, 5) is 0. The van der Waals surface area contributed by atoms with Crippen molar-refractivity contribution >= 4 is 0 Å². The molecule has 2 nitrogen and oxygen atoms in total. The van der Waals surface area contributed by atoms with E-state index in [0.717, 1.165) is 0 Å². The van der Waals surface area contributed by atoms with Crippen LogP contribution < -0.4 is 17.0 Å². The minimum absolute atomic E-state index is 0. The lowest BCUT2D eigenvalue weighted by Gasteiger charge is -1.96. The molecule has 1 aromatic rings. The third kappa shape index (κ3) is 3.20. The Bertz CT molecular complexity index is 230. The predicted molar refractivity (Wildman–Crippen MR) is 43.2 cm³/mol. The van der Waals surface area contributed by atoms with Crippen molar-refractivity contribution in [1.29, 1.82) is 0 Å². The molecule has 0 aliphatic rings. The standard InChI is InChI=1S/C9H14NO.ClH/c1-8-5-9(2)7-10(6-8)3-4-11;/h5-7,11H,3-4H2,1-2H3;1H/q+1;/p-1. The molecule has 0 amide bonds. The van der Waals surface area contributed by atoms with Crippen LogP contribution in [0, 0.1) is 13.8 Å². The highest BCUT2D eigenvalue weighted by Gasteiger charge is 2.00. The molecule has 0 aliphatic heterocycles. The number of aryl methyl sites for hydroxylation is 2. The second-order valence-corrected chi connectivity index (χ2v) is 2.85. The van der Waals surface area contributed by atoms with Gasteiger partial charge < -0.3 is 17.5 Å². The molecule has 1 aromatic heterocycles. The summed E-state index contributed by atoms with van der Waals surface area (Å²) in [6.45, 7) is 5.00. The van der Waals surface area contributed by atoms with E-state index in [1.54, 1.807) is 0 Å². The van der Waals surface area contributed by atoms with Crippen molar-refractivity contribution in [2.45, 2.75) is 20.4 Å². The van der Waals surface area contributed by atoms with Gasteiger partial charge in [0.2, 0.25) is 0 Å². The Kier molecular flexibility index (Phi) is 4.86. The molecule has 3 heteroatoms. The highest BCUT2D eigenvalue weighted by molar-refractivity contribution is 5.11. The van der Waals surface area contributed by atoms with E-state index < -0.39 is 0 Å². The van der Waals surface area contributed by atoms with Gasteiger partial charge in [0.15, 0.2) is 18.9 Å². The molecule has 0 radical (unpaired) electrons. The monoisotopic (exact) mass is 187 g/mol. The lowest BCUT2D eigenvalue weighted by Crippen LogP contribution is -3.00. The molecule has 0 atom stereocenters. The van der Waals surface area contributed by atoms with Gasteiger partial charge in [0.05, 0.1) is 0 Å². The van der Waals surface area contributed by atoms with Crippen molar-refractivity contribution in [2.24, 2.45) is 0 Å². The maximum atomic E-state index is 8.68. The van der Waals surface area contributed by atoms with Crippen LogP contribution in [0.5, 0.6) is 0 Å². The van der Waals surface area contributed by atoms with Gasteiger partial charge in [0, 0.05) is 11.1 Å². The van der Waals surface area contributed by atoms with Crippen LogP contribution in [0.15, 0.2) is 18.5 Å². The first-order valence-electron chi connectivity index (χ1n) is 3.80. The van der Waals surface area contributed by atoms with E-state index in [0.29, 0.717) is 6.54 Å². The van der Waals surface area contributed by atoms with Gasteiger partial charge in [-0.05, 0) is 19.9 Å². The fourth-order valence-corrected chi connectivity index (χ4v) is 1.24. The largest absolute Gasteiger partial charge is 1.00 e. The highest BCUT2D eigenvalue weighted by atomic mass is 35.5. The molecule has 0 unspecified atom stereocenters. The zero-order valence-electron chi connectivity index (χ0n) is 7.42. The Morgan fingerprint density at radius 1 is 1.25 bits per heavy atom. The minimum Gasteiger partial charge on any atom is -1.00 e. The number of pyridine rings is 1. The molecule has 0 bridgehead atoms. The van der Waals surface area contributed by atoms with Gasteiger partial charge in [-0.25, -0.2) is 4.57 Å².